The number of hydrogen-bond acceptors (Lipinski definition) is 4. The lowest BCUT2D eigenvalue weighted by atomic mass is 10.1. The fraction of sp³-hybridized carbons (Fsp3) is 0.235. The summed E-state index contributed by atoms with van der Waals surface area (Å²) in [7, 11) is 0. The van der Waals surface area contributed by atoms with Gasteiger partial charge in [-0.05, 0) is 30.2 Å². The zero-order valence-electron chi connectivity index (χ0n) is 12.9. The first-order chi connectivity index (χ1) is 11.3. The van der Waals surface area contributed by atoms with E-state index in [1.54, 1.807) is 24.2 Å². The zero-order valence-corrected chi connectivity index (χ0v) is 13.7. The topological polar surface area (TPSA) is 70.7 Å². The van der Waals surface area contributed by atoms with E-state index in [0.717, 1.165) is 33.9 Å². The van der Waals surface area contributed by atoms with Crippen molar-refractivity contribution in [3.05, 3.63) is 53.9 Å². The van der Waals surface area contributed by atoms with Crippen molar-refractivity contribution in [2.24, 2.45) is 0 Å². The van der Waals surface area contributed by atoms with E-state index >= 15 is 0 Å². The van der Waals surface area contributed by atoms with Crippen LogP contribution in [0, 0.1) is 0 Å². The van der Waals surface area contributed by atoms with Gasteiger partial charge in [0, 0.05) is 24.1 Å². The van der Waals surface area contributed by atoms with E-state index in [1.807, 2.05) is 37.3 Å². The maximum absolute atomic E-state index is 11.9. The monoisotopic (exact) mass is 326 g/mol. The largest absolute Gasteiger partial charge is 0.352 e. The van der Waals surface area contributed by atoms with Crippen LogP contribution in [-0.2, 0) is 5.75 Å². The van der Waals surface area contributed by atoms with Crippen LogP contribution < -0.4 is 5.32 Å². The standard InChI is InChI=1S/C17H18N4OS/c1-2-8-19-16(22)13-5-3-12(4-6-13)11-23-17-20-14-7-9-18-10-15(14)21-17/h3-7,9-10H,2,8,11H2,1H3,(H,19,22)(H,20,21). The molecule has 6 heteroatoms. The molecule has 0 aliphatic carbocycles. The lowest BCUT2D eigenvalue weighted by Crippen LogP contribution is -2.23. The van der Waals surface area contributed by atoms with Crippen LogP contribution in [0.1, 0.15) is 29.3 Å². The van der Waals surface area contributed by atoms with Gasteiger partial charge < -0.3 is 10.3 Å². The molecule has 3 aromatic rings. The van der Waals surface area contributed by atoms with Gasteiger partial charge in [0.1, 0.15) is 0 Å². The van der Waals surface area contributed by atoms with Crippen LogP contribution in [0.5, 0.6) is 0 Å². The van der Waals surface area contributed by atoms with Crippen LogP contribution in [0.4, 0.5) is 0 Å². The molecular formula is C17H18N4OS. The number of carbonyl (C=O) groups excluding carboxylic acids is 1. The Labute approximate surface area is 138 Å². The Hall–Kier alpha value is -2.34. The van der Waals surface area contributed by atoms with Gasteiger partial charge in [0.2, 0.25) is 0 Å². The molecule has 2 N–H and O–H groups in total. The summed E-state index contributed by atoms with van der Waals surface area (Å²) >= 11 is 1.63. The average molecular weight is 326 g/mol. The highest BCUT2D eigenvalue weighted by Crippen LogP contribution is 2.22. The van der Waals surface area contributed by atoms with Gasteiger partial charge in [-0.15, -0.1) is 0 Å². The Balaban J connectivity index is 1.61. The Morgan fingerprint density at radius 1 is 1.26 bits per heavy atom. The second kappa shape index (κ2) is 7.28. The lowest BCUT2D eigenvalue weighted by molar-refractivity contribution is 0.0953. The molecule has 2 aromatic heterocycles. The Morgan fingerprint density at radius 3 is 2.83 bits per heavy atom. The van der Waals surface area contributed by atoms with E-state index in [-0.39, 0.29) is 5.91 Å². The van der Waals surface area contributed by atoms with Crippen molar-refractivity contribution in [3.63, 3.8) is 0 Å². The predicted molar refractivity (Wildman–Crippen MR) is 92.5 cm³/mol. The van der Waals surface area contributed by atoms with Gasteiger partial charge in [-0.2, -0.15) is 0 Å². The molecule has 0 atom stereocenters. The summed E-state index contributed by atoms with van der Waals surface area (Å²) in [6.07, 6.45) is 4.45. The third-order valence-corrected chi connectivity index (χ3v) is 4.33. The maximum Gasteiger partial charge on any atom is 0.251 e. The van der Waals surface area contributed by atoms with Crippen molar-refractivity contribution in [2.75, 3.05) is 6.54 Å². The summed E-state index contributed by atoms with van der Waals surface area (Å²) in [5, 5.41) is 3.75. The van der Waals surface area contributed by atoms with Gasteiger partial charge in [0.15, 0.2) is 5.16 Å². The second-order valence-corrected chi connectivity index (χ2v) is 6.14. The molecule has 5 nitrogen and oxygen atoms in total. The first kappa shape index (κ1) is 15.6. The molecule has 0 saturated heterocycles. The predicted octanol–water partition coefficient (Wildman–Crippen LogP) is 3.39. The number of aromatic nitrogens is 3. The molecule has 0 bridgehead atoms. The minimum atomic E-state index is -0.0177. The van der Waals surface area contributed by atoms with Crippen LogP contribution in [0.15, 0.2) is 47.9 Å². The first-order valence-electron chi connectivity index (χ1n) is 7.56. The third-order valence-electron chi connectivity index (χ3n) is 3.39. The smallest absolute Gasteiger partial charge is 0.251 e. The SMILES string of the molecule is CCCNC(=O)c1ccc(CSc2nc3ccncc3[nH]2)cc1. The van der Waals surface area contributed by atoms with Crippen molar-refractivity contribution in [1.82, 2.24) is 20.3 Å². The number of nitrogens with zero attached hydrogens (tertiary/aromatic N) is 2. The highest BCUT2D eigenvalue weighted by atomic mass is 32.2. The molecule has 23 heavy (non-hydrogen) atoms. The quantitative estimate of drug-likeness (QED) is 0.681. The Kier molecular flexibility index (Phi) is 4.92. The summed E-state index contributed by atoms with van der Waals surface area (Å²) in [5.41, 5.74) is 3.71. The number of amides is 1. The number of hydrogen-bond donors (Lipinski definition) is 2. The van der Waals surface area contributed by atoms with E-state index in [0.29, 0.717) is 12.1 Å². The van der Waals surface area contributed by atoms with E-state index in [2.05, 4.69) is 20.3 Å². The number of fused-ring (bicyclic) bond motifs is 1. The lowest BCUT2D eigenvalue weighted by Gasteiger charge is -2.04. The highest BCUT2D eigenvalue weighted by Gasteiger charge is 2.06. The van der Waals surface area contributed by atoms with Gasteiger partial charge in [0.25, 0.3) is 5.91 Å². The fourth-order valence-corrected chi connectivity index (χ4v) is 2.99. The van der Waals surface area contributed by atoms with Crippen LogP contribution in [0.3, 0.4) is 0 Å². The highest BCUT2D eigenvalue weighted by molar-refractivity contribution is 7.98. The van der Waals surface area contributed by atoms with E-state index < -0.39 is 0 Å². The van der Waals surface area contributed by atoms with Crippen LogP contribution in [-0.4, -0.2) is 27.4 Å². The molecule has 3 rings (SSSR count). The number of H-pyrrole nitrogens is 1. The number of aromatic amines is 1. The number of rotatable bonds is 6. The third kappa shape index (κ3) is 3.90. The van der Waals surface area contributed by atoms with Gasteiger partial charge in [-0.1, -0.05) is 30.8 Å². The minimum absolute atomic E-state index is 0.0177. The number of nitrogens with one attached hydrogen (secondary N) is 2. The van der Waals surface area contributed by atoms with Crippen molar-refractivity contribution in [3.8, 4) is 0 Å². The minimum Gasteiger partial charge on any atom is -0.352 e. The van der Waals surface area contributed by atoms with Crippen molar-refractivity contribution >= 4 is 28.7 Å². The number of imidazole rings is 1. The molecule has 2 heterocycles. The van der Waals surface area contributed by atoms with Crippen molar-refractivity contribution < 1.29 is 4.79 Å². The molecule has 0 aliphatic heterocycles. The van der Waals surface area contributed by atoms with Gasteiger partial charge in [-0.3, -0.25) is 9.78 Å². The molecule has 1 amide bonds. The van der Waals surface area contributed by atoms with Gasteiger partial charge in [0.05, 0.1) is 17.2 Å². The number of pyridine rings is 1. The molecule has 0 aliphatic rings. The van der Waals surface area contributed by atoms with Crippen LogP contribution in [0.2, 0.25) is 0 Å². The maximum atomic E-state index is 11.9. The molecular weight excluding hydrogens is 308 g/mol. The summed E-state index contributed by atoms with van der Waals surface area (Å²) in [5.74, 6) is 0.778. The number of benzene rings is 1. The molecule has 0 fully saturated rings. The average Bonchev–Trinajstić information content (AvgIpc) is 3.01. The molecule has 118 valence electrons. The first-order valence-corrected chi connectivity index (χ1v) is 8.54. The zero-order chi connectivity index (χ0) is 16.1. The summed E-state index contributed by atoms with van der Waals surface area (Å²) < 4.78 is 0. The molecule has 0 unspecified atom stereocenters. The number of thioether (sulfide) groups is 1. The Bertz CT molecular complexity index is 765. The van der Waals surface area contributed by atoms with Crippen LogP contribution >= 0.6 is 11.8 Å². The summed E-state index contributed by atoms with van der Waals surface area (Å²) in [6.45, 7) is 2.74. The normalized spacial score (nSPS) is 10.8. The molecule has 0 radical (unpaired) electrons. The molecule has 0 spiro atoms. The fourth-order valence-electron chi connectivity index (χ4n) is 2.15. The number of carbonyl (C=O) groups is 1. The van der Waals surface area contributed by atoms with E-state index in [4.69, 9.17) is 0 Å². The molecule has 1 aromatic carbocycles. The summed E-state index contributed by atoms with van der Waals surface area (Å²) in [4.78, 5) is 23.7. The van der Waals surface area contributed by atoms with Gasteiger partial charge >= 0.3 is 0 Å². The molecule has 0 saturated carbocycles. The second-order valence-electron chi connectivity index (χ2n) is 5.18. The van der Waals surface area contributed by atoms with Crippen molar-refractivity contribution in [1.29, 1.82) is 0 Å². The van der Waals surface area contributed by atoms with Gasteiger partial charge in [-0.25, -0.2) is 4.98 Å². The summed E-state index contributed by atoms with van der Waals surface area (Å²) in [6, 6.07) is 9.59. The van der Waals surface area contributed by atoms with Crippen LogP contribution in [0.25, 0.3) is 11.0 Å². The van der Waals surface area contributed by atoms with E-state index in [1.165, 1.54) is 0 Å². The van der Waals surface area contributed by atoms with Crippen molar-refractivity contribution in [2.45, 2.75) is 24.3 Å². The van der Waals surface area contributed by atoms with E-state index in [9.17, 15) is 4.79 Å². The Morgan fingerprint density at radius 2 is 2.09 bits per heavy atom.